The Labute approximate surface area is 194 Å². The van der Waals surface area contributed by atoms with Crippen molar-refractivity contribution >= 4 is 33.4 Å². The molecule has 0 unspecified atom stereocenters. The fraction of sp³-hybridized carbons (Fsp3) is 0.240. The van der Waals surface area contributed by atoms with E-state index in [2.05, 4.69) is 36.5 Å². The highest BCUT2D eigenvalue weighted by Gasteiger charge is 2.18. The molecule has 0 aliphatic carbocycles. The molecular formula is C25H28N2O3S2. The van der Waals surface area contributed by atoms with Crippen LogP contribution in [0.25, 0.3) is 0 Å². The summed E-state index contributed by atoms with van der Waals surface area (Å²) in [4.78, 5) is 12.4. The van der Waals surface area contributed by atoms with Crippen molar-refractivity contribution in [1.82, 2.24) is 5.32 Å². The van der Waals surface area contributed by atoms with E-state index in [1.165, 1.54) is 21.7 Å². The number of anilines is 1. The van der Waals surface area contributed by atoms with Gasteiger partial charge in [-0.1, -0.05) is 60.2 Å². The van der Waals surface area contributed by atoms with Gasteiger partial charge in [0.2, 0.25) is 10.0 Å². The van der Waals surface area contributed by atoms with Crippen molar-refractivity contribution < 1.29 is 13.2 Å². The van der Waals surface area contributed by atoms with E-state index in [0.29, 0.717) is 17.8 Å². The molecule has 5 nitrogen and oxygen atoms in total. The maximum atomic E-state index is 12.4. The summed E-state index contributed by atoms with van der Waals surface area (Å²) < 4.78 is 26.0. The van der Waals surface area contributed by atoms with Crippen LogP contribution in [-0.2, 0) is 22.3 Å². The van der Waals surface area contributed by atoms with E-state index in [1.54, 1.807) is 36.0 Å². The van der Waals surface area contributed by atoms with E-state index in [0.717, 1.165) is 17.1 Å². The minimum atomic E-state index is -3.47. The molecule has 0 spiro atoms. The molecule has 0 aliphatic rings. The zero-order valence-electron chi connectivity index (χ0n) is 18.3. The number of sulfonamides is 1. The number of amides is 1. The van der Waals surface area contributed by atoms with Gasteiger partial charge in [-0.05, 0) is 42.3 Å². The van der Waals surface area contributed by atoms with Crippen LogP contribution in [0, 0.1) is 6.92 Å². The van der Waals surface area contributed by atoms with Gasteiger partial charge in [0.15, 0.2) is 0 Å². The molecule has 0 heterocycles. The van der Waals surface area contributed by atoms with Crippen LogP contribution in [0.1, 0.15) is 27.0 Å². The summed E-state index contributed by atoms with van der Waals surface area (Å²) in [5, 5.41) is 2.92. The van der Waals surface area contributed by atoms with Gasteiger partial charge >= 0.3 is 0 Å². The van der Waals surface area contributed by atoms with Gasteiger partial charge in [-0.2, -0.15) is 11.8 Å². The number of thioether (sulfide) groups is 1. The number of nitrogens with zero attached hydrogens (tertiary/aromatic N) is 1. The van der Waals surface area contributed by atoms with E-state index in [4.69, 9.17) is 0 Å². The van der Waals surface area contributed by atoms with Gasteiger partial charge in [-0.15, -0.1) is 0 Å². The average Bonchev–Trinajstić information content (AvgIpc) is 2.77. The van der Waals surface area contributed by atoms with Crippen LogP contribution in [-0.4, -0.2) is 32.9 Å². The minimum absolute atomic E-state index is 0.165. The average molecular weight is 469 g/mol. The van der Waals surface area contributed by atoms with Crippen LogP contribution in [0.2, 0.25) is 0 Å². The molecule has 7 heteroatoms. The maximum absolute atomic E-state index is 12.4. The Kier molecular flexibility index (Phi) is 8.36. The maximum Gasteiger partial charge on any atom is 0.251 e. The molecule has 32 heavy (non-hydrogen) atoms. The van der Waals surface area contributed by atoms with Gasteiger partial charge in [0.05, 0.1) is 18.5 Å². The van der Waals surface area contributed by atoms with Crippen molar-refractivity contribution in [2.75, 3.05) is 22.9 Å². The molecule has 1 N–H and O–H groups in total. The third kappa shape index (κ3) is 7.14. The molecule has 3 aromatic rings. The SMILES string of the molecule is Cc1cccc(CSCCNC(=O)c2ccc(N(Cc3ccccc3)S(C)(=O)=O)cc2)c1. The third-order valence-electron chi connectivity index (χ3n) is 4.87. The topological polar surface area (TPSA) is 66.5 Å². The number of carbonyl (C=O) groups excluding carboxylic acids is 1. The molecule has 0 fully saturated rings. The Morgan fingerprint density at radius 1 is 0.938 bits per heavy atom. The van der Waals surface area contributed by atoms with Crippen LogP contribution in [0.3, 0.4) is 0 Å². The highest BCUT2D eigenvalue weighted by Crippen LogP contribution is 2.21. The second-order valence-electron chi connectivity index (χ2n) is 7.60. The van der Waals surface area contributed by atoms with Gasteiger partial charge in [0.25, 0.3) is 5.91 Å². The van der Waals surface area contributed by atoms with E-state index < -0.39 is 10.0 Å². The molecular weight excluding hydrogens is 440 g/mol. The van der Waals surface area contributed by atoms with Gasteiger partial charge < -0.3 is 5.32 Å². The fourth-order valence-corrected chi connectivity index (χ4v) is 4.95. The number of aryl methyl sites for hydroxylation is 1. The lowest BCUT2D eigenvalue weighted by Gasteiger charge is -2.22. The number of carbonyl (C=O) groups is 1. The molecule has 0 atom stereocenters. The normalized spacial score (nSPS) is 11.2. The van der Waals surface area contributed by atoms with Crippen LogP contribution >= 0.6 is 11.8 Å². The molecule has 168 valence electrons. The molecule has 0 bridgehead atoms. The first kappa shape index (κ1) is 23.9. The zero-order chi connectivity index (χ0) is 23.0. The van der Waals surface area contributed by atoms with Gasteiger partial charge in [-0.3, -0.25) is 9.10 Å². The van der Waals surface area contributed by atoms with Crippen molar-refractivity contribution in [1.29, 1.82) is 0 Å². The van der Waals surface area contributed by atoms with Crippen molar-refractivity contribution in [3.63, 3.8) is 0 Å². The predicted molar refractivity (Wildman–Crippen MR) is 134 cm³/mol. The molecule has 0 radical (unpaired) electrons. The second kappa shape index (κ2) is 11.2. The van der Waals surface area contributed by atoms with E-state index in [1.807, 2.05) is 30.3 Å². The summed E-state index contributed by atoms with van der Waals surface area (Å²) in [5.74, 6) is 1.56. The molecule has 0 aromatic heterocycles. The smallest absolute Gasteiger partial charge is 0.251 e. The summed E-state index contributed by atoms with van der Waals surface area (Å²) >= 11 is 1.77. The molecule has 3 rings (SSSR count). The zero-order valence-corrected chi connectivity index (χ0v) is 20.0. The summed E-state index contributed by atoms with van der Waals surface area (Å²) in [6.45, 7) is 2.89. The van der Waals surface area contributed by atoms with Crippen molar-refractivity contribution in [2.45, 2.75) is 19.2 Å². The first-order valence-corrected chi connectivity index (χ1v) is 13.4. The Hall–Kier alpha value is -2.77. The molecule has 0 aliphatic heterocycles. The first-order chi connectivity index (χ1) is 15.3. The number of hydrogen-bond acceptors (Lipinski definition) is 4. The van der Waals surface area contributed by atoms with Crippen LogP contribution < -0.4 is 9.62 Å². The Morgan fingerprint density at radius 3 is 2.28 bits per heavy atom. The third-order valence-corrected chi connectivity index (χ3v) is 7.04. The molecule has 0 saturated heterocycles. The van der Waals surface area contributed by atoms with Crippen molar-refractivity contribution in [2.24, 2.45) is 0 Å². The summed E-state index contributed by atoms with van der Waals surface area (Å²) in [7, 11) is -3.47. The Bertz CT molecular complexity index is 1130. The minimum Gasteiger partial charge on any atom is -0.351 e. The quantitative estimate of drug-likeness (QED) is 0.441. The lowest BCUT2D eigenvalue weighted by molar-refractivity contribution is 0.0956. The summed E-state index contributed by atoms with van der Waals surface area (Å²) in [6, 6.07) is 24.5. The number of hydrogen-bond donors (Lipinski definition) is 1. The fourth-order valence-electron chi connectivity index (χ4n) is 3.26. The standard InChI is InChI=1S/C25H28N2O3S2/c1-20-7-6-10-22(17-20)19-31-16-15-26-25(28)23-11-13-24(14-12-23)27(32(2,29)30)18-21-8-4-3-5-9-21/h3-14,17H,15-16,18-19H2,1-2H3,(H,26,28). The Balaban J connectivity index is 1.53. The van der Waals surface area contributed by atoms with Gasteiger partial charge in [0, 0.05) is 23.6 Å². The highest BCUT2D eigenvalue weighted by atomic mass is 32.2. The van der Waals surface area contributed by atoms with E-state index >= 15 is 0 Å². The van der Waals surface area contributed by atoms with Crippen molar-refractivity contribution in [3.05, 3.63) is 101 Å². The first-order valence-electron chi connectivity index (χ1n) is 10.4. The number of nitrogens with one attached hydrogen (secondary N) is 1. The lowest BCUT2D eigenvalue weighted by atomic mass is 10.2. The van der Waals surface area contributed by atoms with E-state index in [9.17, 15) is 13.2 Å². The van der Waals surface area contributed by atoms with Crippen LogP contribution in [0.4, 0.5) is 5.69 Å². The van der Waals surface area contributed by atoms with Gasteiger partial charge in [0.1, 0.15) is 0 Å². The monoisotopic (exact) mass is 468 g/mol. The number of rotatable bonds is 10. The summed E-state index contributed by atoms with van der Waals surface area (Å²) in [6.07, 6.45) is 1.19. The molecule has 1 amide bonds. The van der Waals surface area contributed by atoms with Crippen molar-refractivity contribution in [3.8, 4) is 0 Å². The molecule has 0 saturated carbocycles. The predicted octanol–water partition coefficient (Wildman–Crippen LogP) is 4.62. The molecule has 3 aromatic carbocycles. The summed E-state index contributed by atoms with van der Waals surface area (Å²) in [5.41, 5.74) is 4.45. The second-order valence-corrected chi connectivity index (χ2v) is 10.6. The largest absolute Gasteiger partial charge is 0.351 e. The lowest BCUT2D eigenvalue weighted by Crippen LogP contribution is -2.29. The van der Waals surface area contributed by atoms with E-state index in [-0.39, 0.29) is 12.5 Å². The van der Waals surface area contributed by atoms with Gasteiger partial charge in [-0.25, -0.2) is 8.42 Å². The number of benzene rings is 3. The highest BCUT2D eigenvalue weighted by molar-refractivity contribution is 7.98. The van der Waals surface area contributed by atoms with Crippen LogP contribution in [0.5, 0.6) is 0 Å². The Morgan fingerprint density at radius 2 is 1.62 bits per heavy atom. The van der Waals surface area contributed by atoms with Crippen LogP contribution in [0.15, 0.2) is 78.9 Å².